The first-order valence-corrected chi connectivity index (χ1v) is 8.57. The van der Waals surface area contributed by atoms with Crippen LogP contribution < -0.4 is 5.32 Å². The van der Waals surface area contributed by atoms with Crippen LogP contribution in [0.15, 0.2) is 24.3 Å². The van der Waals surface area contributed by atoms with Crippen LogP contribution in [-0.2, 0) is 9.53 Å². The van der Waals surface area contributed by atoms with E-state index in [0.29, 0.717) is 43.4 Å². The van der Waals surface area contributed by atoms with Gasteiger partial charge in [-0.05, 0) is 38.1 Å². The van der Waals surface area contributed by atoms with E-state index >= 15 is 0 Å². The molecule has 0 spiro atoms. The van der Waals surface area contributed by atoms with Gasteiger partial charge in [0.25, 0.3) is 5.91 Å². The summed E-state index contributed by atoms with van der Waals surface area (Å²) in [6, 6.07) is 5.80. The van der Waals surface area contributed by atoms with E-state index in [2.05, 4.69) is 5.32 Å². The number of hydrogen-bond donors (Lipinski definition) is 1. The summed E-state index contributed by atoms with van der Waals surface area (Å²) in [5.41, 5.74) is 0.441. The minimum Gasteiger partial charge on any atom is -0.450 e. The number of rotatable bonds is 4. The molecule has 2 rings (SSSR count). The lowest BCUT2D eigenvalue weighted by Gasteiger charge is -2.35. The molecule has 1 N–H and O–H groups in total. The largest absolute Gasteiger partial charge is 0.450 e. The third-order valence-electron chi connectivity index (χ3n) is 3.94. The predicted octanol–water partition coefficient (Wildman–Crippen LogP) is 1.76. The van der Waals surface area contributed by atoms with Crippen molar-refractivity contribution in [2.45, 2.75) is 19.9 Å². The smallest absolute Gasteiger partial charge is 0.409 e. The predicted molar refractivity (Wildman–Crippen MR) is 93.6 cm³/mol. The van der Waals surface area contributed by atoms with Gasteiger partial charge >= 0.3 is 6.09 Å². The lowest BCUT2D eigenvalue weighted by atomic mass is 10.2. The Kier molecular flexibility index (Phi) is 6.64. The Bertz CT molecular complexity index is 627. The van der Waals surface area contributed by atoms with Gasteiger partial charge in [-0.3, -0.25) is 9.59 Å². The van der Waals surface area contributed by atoms with Crippen molar-refractivity contribution in [2.75, 3.05) is 32.8 Å². The molecular weight excluding hydrogens is 346 g/mol. The molecule has 25 heavy (non-hydrogen) atoms. The van der Waals surface area contributed by atoms with Crippen molar-refractivity contribution in [1.29, 1.82) is 0 Å². The molecule has 1 heterocycles. The van der Waals surface area contributed by atoms with E-state index in [1.54, 1.807) is 47.9 Å². The van der Waals surface area contributed by atoms with Gasteiger partial charge in [-0.2, -0.15) is 0 Å². The molecule has 1 aromatic carbocycles. The maximum atomic E-state index is 12.5. The molecule has 0 radical (unpaired) electrons. The number of amides is 3. The highest BCUT2D eigenvalue weighted by Gasteiger charge is 2.28. The van der Waals surface area contributed by atoms with Gasteiger partial charge in [-0.25, -0.2) is 4.79 Å². The van der Waals surface area contributed by atoms with Crippen molar-refractivity contribution in [2.24, 2.45) is 0 Å². The summed E-state index contributed by atoms with van der Waals surface area (Å²) in [5, 5.41) is 3.23. The van der Waals surface area contributed by atoms with E-state index in [1.807, 2.05) is 0 Å². The van der Waals surface area contributed by atoms with Gasteiger partial charge in [-0.1, -0.05) is 11.6 Å². The van der Waals surface area contributed by atoms with Crippen LogP contribution in [0.25, 0.3) is 0 Å². The van der Waals surface area contributed by atoms with Crippen LogP contribution in [0.2, 0.25) is 5.02 Å². The number of carbonyl (C=O) groups excluding carboxylic acids is 3. The van der Waals surface area contributed by atoms with Gasteiger partial charge in [0.1, 0.15) is 6.04 Å². The first kappa shape index (κ1) is 19.1. The Morgan fingerprint density at radius 1 is 1.12 bits per heavy atom. The molecule has 0 aliphatic carbocycles. The van der Waals surface area contributed by atoms with Crippen LogP contribution in [0.1, 0.15) is 24.2 Å². The lowest BCUT2D eigenvalue weighted by Crippen LogP contribution is -2.55. The molecule has 1 atom stereocenters. The monoisotopic (exact) mass is 367 g/mol. The van der Waals surface area contributed by atoms with Gasteiger partial charge in [-0.15, -0.1) is 0 Å². The quantitative estimate of drug-likeness (QED) is 0.879. The molecule has 136 valence electrons. The number of nitrogens with zero attached hydrogens (tertiary/aromatic N) is 2. The fourth-order valence-electron chi connectivity index (χ4n) is 2.54. The van der Waals surface area contributed by atoms with Gasteiger partial charge in [0, 0.05) is 36.8 Å². The standard InChI is InChI=1S/C17H22ClN3O4/c1-3-25-17(24)21-10-8-20(9-11-21)16(23)12(2)19-15(22)13-4-6-14(18)7-5-13/h4-7,12H,3,8-11H2,1-2H3,(H,19,22)/t12-/m0/s1. The Morgan fingerprint density at radius 3 is 2.24 bits per heavy atom. The second kappa shape index (κ2) is 8.71. The van der Waals surface area contributed by atoms with Crippen LogP contribution in [0.3, 0.4) is 0 Å². The van der Waals surface area contributed by atoms with Gasteiger partial charge in [0.05, 0.1) is 6.61 Å². The van der Waals surface area contributed by atoms with Gasteiger partial charge < -0.3 is 19.9 Å². The average Bonchev–Trinajstić information content (AvgIpc) is 2.61. The molecule has 3 amide bonds. The molecule has 1 fully saturated rings. The highest BCUT2D eigenvalue weighted by atomic mass is 35.5. The summed E-state index contributed by atoms with van der Waals surface area (Å²) in [5.74, 6) is -0.506. The third kappa shape index (κ3) is 5.09. The summed E-state index contributed by atoms with van der Waals surface area (Å²) < 4.78 is 4.95. The molecule has 0 saturated carbocycles. The topological polar surface area (TPSA) is 79.0 Å². The molecule has 7 nitrogen and oxygen atoms in total. The number of hydrogen-bond acceptors (Lipinski definition) is 4. The van der Waals surface area contributed by atoms with E-state index in [9.17, 15) is 14.4 Å². The fraction of sp³-hybridized carbons (Fsp3) is 0.471. The maximum Gasteiger partial charge on any atom is 0.409 e. The van der Waals surface area contributed by atoms with Crippen LogP contribution in [-0.4, -0.2) is 66.5 Å². The summed E-state index contributed by atoms with van der Waals surface area (Å²) in [6.07, 6.45) is -0.362. The van der Waals surface area contributed by atoms with E-state index in [1.165, 1.54) is 0 Å². The minimum atomic E-state index is -0.655. The number of carbonyl (C=O) groups is 3. The number of benzene rings is 1. The van der Waals surface area contributed by atoms with Crippen molar-refractivity contribution < 1.29 is 19.1 Å². The lowest BCUT2D eigenvalue weighted by molar-refractivity contribution is -0.134. The second-order valence-corrected chi connectivity index (χ2v) is 6.15. The second-order valence-electron chi connectivity index (χ2n) is 5.71. The Morgan fingerprint density at radius 2 is 1.68 bits per heavy atom. The molecule has 8 heteroatoms. The number of ether oxygens (including phenoxy) is 1. The van der Waals surface area contributed by atoms with Crippen molar-refractivity contribution in [1.82, 2.24) is 15.1 Å². The molecule has 1 aliphatic heterocycles. The van der Waals surface area contributed by atoms with Crippen molar-refractivity contribution >= 4 is 29.5 Å². The molecule has 1 aromatic rings. The summed E-state index contributed by atoms with van der Waals surface area (Å²) in [7, 11) is 0. The zero-order valence-electron chi connectivity index (χ0n) is 14.3. The fourth-order valence-corrected chi connectivity index (χ4v) is 2.67. The van der Waals surface area contributed by atoms with Crippen molar-refractivity contribution in [3.8, 4) is 0 Å². The van der Waals surface area contributed by atoms with Gasteiger partial charge in [0.2, 0.25) is 5.91 Å². The maximum absolute atomic E-state index is 12.5. The molecule has 0 aromatic heterocycles. The van der Waals surface area contributed by atoms with E-state index in [-0.39, 0.29) is 17.9 Å². The van der Waals surface area contributed by atoms with Crippen molar-refractivity contribution in [3.63, 3.8) is 0 Å². The molecule has 0 unspecified atom stereocenters. The zero-order chi connectivity index (χ0) is 18.4. The van der Waals surface area contributed by atoms with E-state index in [0.717, 1.165) is 0 Å². The third-order valence-corrected chi connectivity index (χ3v) is 4.19. The molecule has 0 bridgehead atoms. The Balaban J connectivity index is 1.85. The van der Waals surface area contributed by atoms with Crippen LogP contribution in [0.4, 0.5) is 4.79 Å². The summed E-state index contributed by atoms with van der Waals surface area (Å²) in [4.78, 5) is 39.5. The molecule has 1 saturated heterocycles. The Labute approximate surface area is 151 Å². The summed E-state index contributed by atoms with van der Waals surface area (Å²) >= 11 is 5.80. The van der Waals surface area contributed by atoms with E-state index < -0.39 is 6.04 Å². The average molecular weight is 368 g/mol. The van der Waals surface area contributed by atoms with Crippen LogP contribution >= 0.6 is 11.6 Å². The van der Waals surface area contributed by atoms with E-state index in [4.69, 9.17) is 16.3 Å². The molecular formula is C17H22ClN3O4. The SMILES string of the molecule is CCOC(=O)N1CCN(C(=O)[C@H](C)NC(=O)c2ccc(Cl)cc2)CC1. The van der Waals surface area contributed by atoms with Crippen molar-refractivity contribution in [3.05, 3.63) is 34.9 Å². The van der Waals surface area contributed by atoms with Crippen LogP contribution in [0, 0.1) is 0 Å². The zero-order valence-corrected chi connectivity index (χ0v) is 15.1. The highest BCUT2D eigenvalue weighted by Crippen LogP contribution is 2.10. The first-order valence-electron chi connectivity index (χ1n) is 8.19. The number of piperazine rings is 1. The minimum absolute atomic E-state index is 0.175. The van der Waals surface area contributed by atoms with Crippen LogP contribution in [0.5, 0.6) is 0 Å². The highest BCUT2D eigenvalue weighted by molar-refractivity contribution is 6.30. The Hall–Kier alpha value is -2.28. The normalized spacial score (nSPS) is 15.5. The number of nitrogens with one attached hydrogen (secondary N) is 1. The first-order chi connectivity index (χ1) is 11.9. The number of halogens is 1. The van der Waals surface area contributed by atoms with Gasteiger partial charge in [0.15, 0.2) is 0 Å². The molecule has 1 aliphatic rings. The summed E-state index contributed by atoms with van der Waals surface area (Å²) in [6.45, 7) is 5.39.